The Hall–Kier alpha value is -2.62. The summed E-state index contributed by atoms with van der Waals surface area (Å²) in [6.07, 6.45) is 0. The first-order valence-electron chi connectivity index (χ1n) is 8.12. The second-order valence-electron chi connectivity index (χ2n) is 5.90. The number of carbonyl (C=O) groups excluding carboxylic acids is 1. The maximum absolute atomic E-state index is 12.9. The van der Waals surface area contributed by atoms with Crippen LogP contribution in [0.4, 0.5) is 11.4 Å². The van der Waals surface area contributed by atoms with Crippen LogP contribution in [0.3, 0.4) is 0 Å². The molecule has 0 aromatic heterocycles. The first-order chi connectivity index (χ1) is 12.6. The lowest BCUT2D eigenvalue weighted by Gasteiger charge is -2.23. The van der Waals surface area contributed by atoms with Crippen molar-refractivity contribution in [3.8, 4) is 0 Å². The molecule has 0 atom stereocenters. The van der Waals surface area contributed by atoms with Gasteiger partial charge >= 0.3 is 0 Å². The highest BCUT2D eigenvalue weighted by Crippen LogP contribution is 2.34. The van der Waals surface area contributed by atoms with Crippen molar-refractivity contribution < 1.29 is 4.79 Å². The SMILES string of the molecule is O=C1CN=C(c2ccc(Cl)cc2)c2cc(Cl)ccc2N1c1ccccc1. The minimum absolute atomic E-state index is 0.0547. The largest absolute Gasteiger partial charge is 0.279 e. The number of fused-ring (bicyclic) bond motifs is 1. The first-order valence-corrected chi connectivity index (χ1v) is 8.87. The molecular formula is C21H14Cl2N2O. The van der Waals surface area contributed by atoms with Crippen molar-refractivity contribution in [1.82, 2.24) is 0 Å². The molecule has 0 fully saturated rings. The molecule has 3 aromatic rings. The van der Waals surface area contributed by atoms with Crippen LogP contribution in [0.15, 0.2) is 77.8 Å². The number of rotatable bonds is 2. The van der Waals surface area contributed by atoms with E-state index in [0.29, 0.717) is 10.0 Å². The highest BCUT2D eigenvalue weighted by atomic mass is 35.5. The Balaban J connectivity index is 1.92. The average Bonchev–Trinajstić information content (AvgIpc) is 2.79. The second kappa shape index (κ2) is 6.94. The van der Waals surface area contributed by atoms with Gasteiger partial charge in [0.25, 0.3) is 5.91 Å². The summed E-state index contributed by atoms with van der Waals surface area (Å²) in [5, 5.41) is 1.24. The van der Waals surface area contributed by atoms with Crippen LogP contribution in [0.25, 0.3) is 0 Å². The van der Waals surface area contributed by atoms with Crippen LogP contribution in [0, 0.1) is 0 Å². The average molecular weight is 381 g/mol. The van der Waals surface area contributed by atoms with Gasteiger partial charge in [0.05, 0.1) is 11.4 Å². The van der Waals surface area contributed by atoms with Gasteiger partial charge in [-0.15, -0.1) is 0 Å². The van der Waals surface area contributed by atoms with Crippen molar-refractivity contribution in [3.63, 3.8) is 0 Å². The van der Waals surface area contributed by atoms with E-state index in [2.05, 4.69) is 4.99 Å². The van der Waals surface area contributed by atoms with Crippen LogP contribution in [-0.4, -0.2) is 18.2 Å². The molecule has 1 aliphatic rings. The highest BCUT2D eigenvalue weighted by molar-refractivity contribution is 6.32. The number of halogens is 2. The van der Waals surface area contributed by atoms with E-state index in [-0.39, 0.29) is 12.5 Å². The van der Waals surface area contributed by atoms with Gasteiger partial charge in [0.15, 0.2) is 0 Å². The zero-order chi connectivity index (χ0) is 18.1. The van der Waals surface area contributed by atoms with E-state index >= 15 is 0 Å². The van der Waals surface area contributed by atoms with Crippen molar-refractivity contribution >= 4 is 46.2 Å². The molecule has 1 heterocycles. The Morgan fingerprint density at radius 2 is 1.54 bits per heavy atom. The number of benzene rings is 3. The summed E-state index contributed by atoms with van der Waals surface area (Å²) in [6, 6.07) is 22.5. The summed E-state index contributed by atoms with van der Waals surface area (Å²) in [7, 11) is 0. The molecule has 3 nitrogen and oxygen atoms in total. The standard InChI is InChI=1S/C21H14Cl2N2O/c22-15-8-6-14(7-9-15)21-18-12-16(23)10-11-19(18)25(20(26)13-24-21)17-4-2-1-3-5-17/h1-12H,13H2. The van der Waals surface area contributed by atoms with Crippen molar-refractivity contribution in [2.75, 3.05) is 11.4 Å². The summed E-state index contributed by atoms with van der Waals surface area (Å²) in [5.41, 5.74) is 3.99. The molecule has 0 spiro atoms. The lowest BCUT2D eigenvalue weighted by molar-refractivity contribution is -0.116. The van der Waals surface area contributed by atoms with E-state index in [1.807, 2.05) is 66.7 Å². The molecule has 0 aliphatic carbocycles. The highest BCUT2D eigenvalue weighted by Gasteiger charge is 2.26. The van der Waals surface area contributed by atoms with Gasteiger partial charge in [-0.3, -0.25) is 14.7 Å². The van der Waals surface area contributed by atoms with E-state index < -0.39 is 0 Å². The molecular weight excluding hydrogens is 367 g/mol. The van der Waals surface area contributed by atoms with Gasteiger partial charge in [0.2, 0.25) is 0 Å². The van der Waals surface area contributed by atoms with Gasteiger partial charge in [0, 0.05) is 26.9 Å². The second-order valence-corrected chi connectivity index (χ2v) is 6.77. The maximum Gasteiger partial charge on any atom is 0.253 e. The number of anilines is 2. The van der Waals surface area contributed by atoms with Gasteiger partial charge in [0.1, 0.15) is 6.54 Å². The van der Waals surface area contributed by atoms with E-state index in [4.69, 9.17) is 23.2 Å². The van der Waals surface area contributed by atoms with Crippen molar-refractivity contribution in [2.24, 2.45) is 4.99 Å². The third-order valence-corrected chi connectivity index (χ3v) is 4.70. The van der Waals surface area contributed by atoms with E-state index in [0.717, 1.165) is 28.2 Å². The van der Waals surface area contributed by atoms with Crippen LogP contribution >= 0.6 is 23.2 Å². The Morgan fingerprint density at radius 1 is 0.846 bits per heavy atom. The van der Waals surface area contributed by atoms with Crippen LogP contribution in [0.5, 0.6) is 0 Å². The number of para-hydroxylation sites is 1. The summed E-state index contributed by atoms with van der Waals surface area (Å²) in [5.74, 6) is -0.0938. The zero-order valence-electron chi connectivity index (χ0n) is 13.7. The molecule has 0 N–H and O–H groups in total. The number of amides is 1. The molecule has 3 aromatic carbocycles. The van der Waals surface area contributed by atoms with Crippen molar-refractivity contribution in [1.29, 1.82) is 0 Å². The monoisotopic (exact) mass is 380 g/mol. The van der Waals surface area contributed by atoms with Gasteiger partial charge in [-0.2, -0.15) is 0 Å². The third kappa shape index (κ3) is 3.12. The lowest BCUT2D eigenvalue weighted by Crippen LogP contribution is -2.27. The molecule has 1 amide bonds. The molecule has 26 heavy (non-hydrogen) atoms. The van der Waals surface area contributed by atoms with Gasteiger partial charge in [-0.1, -0.05) is 53.5 Å². The summed E-state index contributed by atoms with van der Waals surface area (Å²) in [6.45, 7) is 0.0547. The normalized spacial score (nSPS) is 13.8. The maximum atomic E-state index is 12.9. The molecule has 1 aliphatic heterocycles. The number of benzodiazepines with no additional fused rings is 1. The fourth-order valence-corrected chi connectivity index (χ4v) is 3.34. The molecule has 128 valence electrons. The fraction of sp³-hybridized carbons (Fsp3) is 0.0476. The molecule has 0 bridgehead atoms. The quantitative estimate of drug-likeness (QED) is 0.576. The van der Waals surface area contributed by atoms with Crippen LogP contribution in [0.1, 0.15) is 11.1 Å². The minimum Gasteiger partial charge on any atom is -0.279 e. The third-order valence-electron chi connectivity index (χ3n) is 4.21. The molecule has 0 saturated carbocycles. The van der Waals surface area contributed by atoms with E-state index in [1.54, 1.807) is 11.0 Å². The number of carbonyl (C=O) groups is 1. The summed E-state index contributed by atoms with van der Waals surface area (Å²) in [4.78, 5) is 19.1. The molecule has 0 radical (unpaired) electrons. The number of aliphatic imine (C=N–C) groups is 1. The predicted octanol–water partition coefficient (Wildman–Crippen LogP) is 5.51. The Labute approximate surface area is 161 Å². The Morgan fingerprint density at radius 3 is 2.27 bits per heavy atom. The Bertz CT molecular complexity index is 998. The van der Waals surface area contributed by atoms with Gasteiger partial charge in [-0.25, -0.2) is 0 Å². The fourth-order valence-electron chi connectivity index (χ4n) is 3.04. The number of nitrogens with zero attached hydrogens (tertiary/aromatic N) is 2. The van der Waals surface area contributed by atoms with Gasteiger partial charge < -0.3 is 0 Å². The van der Waals surface area contributed by atoms with Crippen LogP contribution < -0.4 is 4.90 Å². The predicted molar refractivity (Wildman–Crippen MR) is 107 cm³/mol. The lowest BCUT2D eigenvalue weighted by atomic mass is 10.00. The molecule has 4 rings (SSSR count). The molecule has 5 heteroatoms. The van der Waals surface area contributed by atoms with Crippen LogP contribution in [-0.2, 0) is 4.79 Å². The van der Waals surface area contributed by atoms with Crippen LogP contribution in [0.2, 0.25) is 10.0 Å². The van der Waals surface area contributed by atoms with Gasteiger partial charge in [-0.05, 0) is 42.5 Å². The zero-order valence-corrected chi connectivity index (χ0v) is 15.2. The van der Waals surface area contributed by atoms with E-state index in [9.17, 15) is 4.79 Å². The number of hydrogen-bond acceptors (Lipinski definition) is 2. The topological polar surface area (TPSA) is 32.7 Å². The smallest absolute Gasteiger partial charge is 0.253 e. The van der Waals surface area contributed by atoms with Crippen molar-refractivity contribution in [2.45, 2.75) is 0 Å². The van der Waals surface area contributed by atoms with Crippen molar-refractivity contribution in [3.05, 3.63) is 94.0 Å². The Kier molecular flexibility index (Phi) is 4.49. The first kappa shape index (κ1) is 16.8. The summed E-state index contributed by atoms with van der Waals surface area (Å²) < 4.78 is 0. The number of hydrogen-bond donors (Lipinski definition) is 0. The summed E-state index contributed by atoms with van der Waals surface area (Å²) >= 11 is 12.3. The van der Waals surface area contributed by atoms with E-state index in [1.165, 1.54) is 0 Å². The molecule has 0 saturated heterocycles. The minimum atomic E-state index is -0.0938. The molecule has 0 unspecified atom stereocenters.